The molecule has 3 heterocycles. The Kier molecular flexibility index (Phi) is 6.84. The minimum atomic E-state index is -0.171. The Balaban J connectivity index is 1.44. The first-order chi connectivity index (χ1) is 15.6. The molecule has 0 unspecified atom stereocenters. The molecule has 32 heavy (non-hydrogen) atoms. The molecule has 3 aromatic rings. The van der Waals surface area contributed by atoms with Crippen molar-refractivity contribution in [1.82, 2.24) is 25.0 Å². The van der Waals surface area contributed by atoms with Crippen molar-refractivity contribution < 1.29 is 14.1 Å². The second kappa shape index (κ2) is 10.1. The van der Waals surface area contributed by atoms with E-state index in [2.05, 4.69) is 20.1 Å². The topological polar surface area (TPSA) is 105 Å². The summed E-state index contributed by atoms with van der Waals surface area (Å²) in [5, 5.41) is 3.89. The zero-order valence-electron chi connectivity index (χ0n) is 18.1. The molecule has 0 aliphatic carbocycles. The molecule has 1 fully saturated rings. The Labute approximate surface area is 186 Å². The van der Waals surface area contributed by atoms with Gasteiger partial charge in [0.1, 0.15) is 6.54 Å². The molecule has 4 rings (SSSR count). The molecular formula is C23H26N6O3. The van der Waals surface area contributed by atoms with E-state index >= 15 is 0 Å². The Bertz CT molecular complexity index is 1050. The number of carbonyl (C=O) groups is 2. The van der Waals surface area contributed by atoms with Gasteiger partial charge in [0, 0.05) is 44.0 Å². The fourth-order valence-electron chi connectivity index (χ4n) is 3.64. The number of anilines is 1. The predicted octanol–water partition coefficient (Wildman–Crippen LogP) is 2.81. The number of piperidine rings is 1. The summed E-state index contributed by atoms with van der Waals surface area (Å²) in [6.45, 7) is 3.51. The van der Waals surface area contributed by atoms with Crippen LogP contribution in [0.15, 0.2) is 47.2 Å². The highest BCUT2D eigenvalue weighted by atomic mass is 16.5. The summed E-state index contributed by atoms with van der Waals surface area (Å²) in [5.41, 5.74) is 1.79. The van der Waals surface area contributed by atoms with Crippen molar-refractivity contribution >= 4 is 17.5 Å². The summed E-state index contributed by atoms with van der Waals surface area (Å²) in [6.07, 6.45) is 6.76. The van der Waals surface area contributed by atoms with Crippen LogP contribution in [0.1, 0.15) is 37.1 Å². The number of rotatable bonds is 7. The van der Waals surface area contributed by atoms with E-state index in [1.807, 2.05) is 36.1 Å². The number of carbonyl (C=O) groups excluding carboxylic acids is 2. The molecule has 0 atom stereocenters. The second-order valence-corrected chi connectivity index (χ2v) is 7.84. The van der Waals surface area contributed by atoms with Gasteiger partial charge in [0.05, 0.1) is 0 Å². The summed E-state index contributed by atoms with van der Waals surface area (Å²) < 4.78 is 5.26. The molecule has 0 N–H and O–H groups in total. The first-order valence-corrected chi connectivity index (χ1v) is 10.8. The van der Waals surface area contributed by atoms with Crippen molar-refractivity contribution in [3.63, 3.8) is 0 Å². The lowest BCUT2D eigenvalue weighted by atomic mass is 10.1. The molecule has 1 saturated heterocycles. The van der Waals surface area contributed by atoms with Crippen molar-refractivity contribution in [3.05, 3.63) is 54.2 Å². The molecule has 0 bridgehead atoms. The number of nitrogens with zero attached hydrogens (tertiary/aromatic N) is 6. The maximum absolute atomic E-state index is 13.1. The molecule has 0 radical (unpaired) electrons. The van der Waals surface area contributed by atoms with Crippen LogP contribution in [0.2, 0.25) is 0 Å². The van der Waals surface area contributed by atoms with Crippen LogP contribution >= 0.6 is 0 Å². The molecule has 2 aromatic heterocycles. The molecule has 166 valence electrons. The average molecular weight is 435 g/mol. The van der Waals surface area contributed by atoms with Crippen LogP contribution in [0.3, 0.4) is 0 Å². The molecule has 9 nitrogen and oxygen atoms in total. The molecule has 0 spiro atoms. The van der Waals surface area contributed by atoms with Crippen molar-refractivity contribution in [1.29, 1.82) is 0 Å². The first kappa shape index (κ1) is 21.6. The minimum Gasteiger partial charge on any atom is -0.341 e. The van der Waals surface area contributed by atoms with Crippen LogP contribution in [-0.2, 0) is 16.0 Å². The zero-order valence-corrected chi connectivity index (χ0v) is 18.1. The number of aryl methyl sites for hydroxylation is 2. The Morgan fingerprint density at radius 1 is 1.03 bits per heavy atom. The first-order valence-electron chi connectivity index (χ1n) is 10.8. The lowest BCUT2D eigenvalue weighted by Crippen LogP contribution is -2.45. The van der Waals surface area contributed by atoms with Crippen molar-refractivity contribution in [3.8, 4) is 11.6 Å². The van der Waals surface area contributed by atoms with E-state index in [4.69, 9.17) is 4.52 Å². The highest BCUT2D eigenvalue weighted by molar-refractivity contribution is 5.98. The van der Waals surface area contributed by atoms with Crippen LogP contribution in [-0.4, -0.2) is 56.5 Å². The third kappa shape index (κ3) is 5.35. The largest absolute Gasteiger partial charge is 0.341 e. The minimum absolute atomic E-state index is 0.0227. The number of aromatic nitrogens is 4. The van der Waals surface area contributed by atoms with Gasteiger partial charge in [-0.05, 0) is 44.4 Å². The van der Waals surface area contributed by atoms with E-state index < -0.39 is 0 Å². The fraction of sp³-hybridized carbons (Fsp3) is 0.391. The smallest absolute Gasteiger partial charge is 0.242 e. The van der Waals surface area contributed by atoms with E-state index in [9.17, 15) is 9.59 Å². The van der Waals surface area contributed by atoms with Gasteiger partial charge in [0.25, 0.3) is 0 Å². The van der Waals surface area contributed by atoms with Gasteiger partial charge in [-0.3, -0.25) is 9.59 Å². The Morgan fingerprint density at radius 2 is 1.75 bits per heavy atom. The van der Waals surface area contributed by atoms with E-state index in [1.54, 1.807) is 23.4 Å². The zero-order chi connectivity index (χ0) is 22.3. The number of hydrogen-bond acceptors (Lipinski definition) is 7. The number of amides is 2. The molecule has 1 aromatic carbocycles. The molecular weight excluding hydrogens is 408 g/mol. The van der Waals surface area contributed by atoms with Gasteiger partial charge >= 0.3 is 0 Å². The van der Waals surface area contributed by atoms with Crippen molar-refractivity contribution in [2.45, 2.75) is 39.0 Å². The highest BCUT2D eigenvalue weighted by Gasteiger charge is 2.24. The molecule has 9 heteroatoms. The quantitative estimate of drug-likeness (QED) is 0.563. The Hall–Kier alpha value is -3.62. The van der Waals surface area contributed by atoms with Crippen LogP contribution in [0.4, 0.5) is 5.69 Å². The van der Waals surface area contributed by atoms with Crippen LogP contribution in [0, 0.1) is 6.92 Å². The van der Waals surface area contributed by atoms with Gasteiger partial charge in [-0.15, -0.1) is 0 Å². The van der Waals surface area contributed by atoms with Gasteiger partial charge in [-0.2, -0.15) is 4.98 Å². The van der Waals surface area contributed by atoms with Gasteiger partial charge in [-0.1, -0.05) is 22.9 Å². The normalized spacial score (nSPS) is 13.7. The number of hydrogen-bond donors (Lipinski definition) is 0. The number of benzene rings is 1. The summed E-state index contributed by atoms with van der Waals surface area (Å²) in [7, 11) is 0. The number of likely N-dealkylation sites (tertiary alicyclic amines) is 1. The maximum atomic E-state index is 13.1. The van der Waals surface area contributed by atoms with Gasteiger partial charge < -0.3 is 14.3 Å². The van der Waals surface area contributed by atoms with E-state index in [1.165, 1.54) is 0 Å². The van der Waals surface area contributed by atoms with Gasteiger partial charge in [0.2, 0.25) is 29.4 Å². The summed E-state index contributed by atoms with van der Waals surface area (Å²) in [4.78, 5) is 41.9. The van der Waals surface area contributed by atoms with Crippen LogP contribution < -0.4 is 4.90 Å². The van der Waals surface area contributed by atoms with Gasteiger partial charge in [0.15, 0.2) is 0 Å². The molecule has 1 aliphatic heterocycles. The van der Waals surface area contributed by atoms with Crippen LogP contribution in [0.25, 0.3) is 11.6 Å². The summed E-state index contributed by atoms with van der Waals surface area (Å²) >= 11 is 0. The average Bonchev–Trinajstić information content (AvgIpc) is 3.32. The fourth-order valence-corrected chi connectivity index (χ4v) is 3.64. The van der Waals surface area contributed by atoms with Crippen molar-refractivity contribution in [2.75, 3.05) is 24.5 Å². The third-order valence-electron chi connectivity index (χ3n) is 5.44. The SMILES string of the molecule is Cc1ccc(N(CC(=O)N2CCCCC2)C(=O)CCc2nc(-c3ncccn3)no2)cc1. The standard InChI is InChI=1S/C23H26N6O3/c1-17-6-8-18(9-7-17)29(16-21(31)28-14-3-2-4-15-28)20(30)11-10-19-26-23(27-32-19)22-24-12-5-13-25-22/h5-9,12-13H,2-4,10-11,14-16H2,1H3. The summed E-state index contributed by atoms with van der Waals surface area (Å²) in [5.74, 6) is 0.771. The second-order valence-electron chi connectivity index (χ2n) is 7.84. The monoisotopic (exact) mass is 434 g/mol. The predicted molar refractivity (Wildman–Crippen MR) is 118 cm³/mol. The molecule has 2 amide bonds. The highest BCUT2D eigenvalue weighted by Crippen LogP contribution is 2.19. The molecule has 1 aliphatic rings. The lowest BCUT2D eigenvalue weighted by molar-refractivity contribution is -0.132. The van der Waals surface area contributed by atoms with E-state index in [0.717, 1.165) is 37.9 Å². The van der Waals surface area contributed by atoms with E-state index in [0.29, 0.717) is 17.4 Å². The van der Waals surface area contributed by atoms with Crippen LogP contribution in [0.5, 0.6) is 0 Å². The Morgan fingerprint density at radius 3 is 2.47 bits per heavy atom. The molecule has 0 saturated carbocycles. The third-order valence-corrected chi connectivity index (χ3v) is 5.44. The maximum Gasteiger partial charge on any atom is 0.242 e. The van der Waals surface area contributed by atoms with Gasteiger partial charge in [-0.25, -0.2) is 9.97 Å². The van der Waals surface area contributed by atoms with E-state index in [-0.39, 0.29) is 37.0 Å². The lowest BCUT2D eigenvalue weighted by Gasteiger charge is -2.30. The van der Waals surface area contributed by atoms with Crippen molar-refractivity contribution in [2.24, 2.45) is 0 Å². The summed E-state index contributed by atoms with van der Waals surface area (Å²) in [6, 6.07) is 9.31.